The first-order valence-electron chi connectivity index (χ1n) is 5.67. The quantitative estimate of drug-likeness (QED) is 0.222. The molecule has 0 N–H and O–H groups in total. The topological polar surface area (TPSA) is 57.1 Å². The molecule has 18 heavy (non-hydrogen) atoms. The fraction of sp³-hybridized carbons (Fsp3) is 0.889. The van der Waals surface area contributed by atoms with Crippen LogP contribution >= 0.6 is 20.0 Å². The van der Waals surface area contributed by atoms with Crippen LogP contribution in [0.5, 0.6) is 0 Å². The van der Waals surface area contributed by atoms with E-state index in [9.17, 15) is 4.57 Å². The molecule has 0 aromatic rings. The fourth-order valence-corrected chi connectivity index (χ4v) is 7.66. The molecule has 0 bridgehead atoms. The highest BCUT2D eigenvalue weighted by Crippen LogP contribution is 2.53. The van der Waals surface area contributed by atoms with E-state index in [0.29, 0.717) is 6.54 Å². The van der Waals surface area contributed by atoms with Crippen LogP contribution in [0, 0.1) is 0 Å². The zero-order chi connectivity index (χ0) is 14.4. The van der Waals surface area contributed by atoms with Crippen molar-refractivity contribution in [1.82, 2.24) is 0 Å². The summed E-state index contributed by atoms with van der Waals surface area (Å²) in [5, 5.41) is 2.22. The van der Waals surface area contributed by atoms with Crippen molar-refractivity contribution in [3.63, 3.8) is 0 Å². The van der Waals surface area contributed by atoms with E-state index in [1.165, 1.54) is 0 Å². The number of phosphoric acid groups is 1. The highest BCUT2D eigenvalue weighted by Gasteiger charge is 2.37. The van der Waals surface area contributed by atoms with Crippen molar-refractivity contribution in [2.75, 3.05) is 13.2 Å². The highest BCUT2D eigenvalue weighted by molar-refractivity contribution is 7.78. The summed E-state index contributed by atoms with van der Waals surface area (Å²) in [5.74, 6) is 0. The Morgan fingerprint density at radius 3 is 1.89 bits per heavy atom. The van der Waals surface area contributed by atoms with Gasteiger partial charge in [-0.1, -0.05) is 0 Å². The van der Waals surface area contributed by atoms with E-state index in [2.05, 4.69) is 22.4 Å². The van der Waals surface area contributed by atoms with Crippen LogP contribution in [-0.4, -0.2) is 34.9 Å². The van der Waals surface area contributed by atoms with Gasteiger partial charge in [0, 0.05) is 0 Å². The lowest BCUT2D eigenvalue weighted by atomic mass is 10.7. The Kier molecular flexibility index (Phi) is 7.35. The second-order valence-electron chi connectivity index (χ2n) is 5.66. The van der Waals surface area contributed by atoms with Crippen LogP contribution in [0.15, 0.2) is 4.99 Å². The molecule has 0 saturated heterocycles. The minimum atomic E-state index is -3.50. The van der Waals surface area contributed by atoms with E-state index in [1.54, 1.807) is 0 Å². The minimum absolute atomic E-state index is 0.149. The number of rotatable bonds is 8. The maximum absolute atomic E-state index is 12.5. The smallest absolute Gasteiger partial charge is 0.331 e. The third-order valence-corrected chi connectivity index (χ3v) is 8.09. The number of thiocarbonyl (C=S) groups is 1. The third kappa shape index (κ3) is 10.3. The molecule has 0 atom stereocenters. The lowest BCUT2D eigenvalue weighted by Gasteiger charge is -2.29. The second-order valence-corrected chi connectivity index (χ2v) is 16.9. The summed E-state index contributed by atoms with van der Waals surface area (Å²) >= 11 is 4.44. The van der Waals surface area contributed by atoms with Crippen molar-refractivity contribution in [3.8, 4) is 0 Å². The van der Waals surface area contributed by atoms with Crippen LogP contribution in [0.2, 0.25) is 39.3 Å². The highest BCUT2D eigenvalue weighted by atomic mass is 32.1. The molecule has 5 nitrogen and oxygen atoms in total. The molecule has 0 rings (SSSR count). The molecule has 0 aromatic carbocycles. The van der Waals surface area contributed by atoms with Gasteiger partial charge in [0.1, 0.15) is 0 Å². The zero-order valence-electron chi connectivity index (χ0n) is 11.8. The summed E-state index contributed by atoms with van der Waals surface area (Å²) in [5.41, 5.74) is 0. The number of isothiocyanates is 1. The summed E-state index contributed by atoms with van der Waals surface area (Å²) in [6.07, 6.45) is 0. The molecule has 0 amide bonds. The SMILES string of the molecule is C[Si](C)(C)OP(=O)(OCCN=C=S)O[Si](C)(C)C. The maximum atomic E-state index is 12.5. The largest absolute Gasteiger partial charge is 0.455 e. The van der Waals surface area contributed by atoms with Gasteiger partial charge in [-0.3, -0.25) is 4.52 Å². The van der Waals surface area contributed by atoms with E-state index in [-0.39, 0.29) is 6.61 Å². The van der Waals surface area contributed by atoms with E-state index >= 15 is 0 Å². The van der Waals surface area contributed by atoms with Gasteiger partial charge in [-0.05, 0) is 51.5 Å². The van der Waals surface area contributed by atoms with Gasteiger partial charge >= 0.3 is 7.82 Å². The monoisotopic (exact) mass is 327 g/mol. The Morgan fingerprint density at radius 1 is 1.11 bits per heavy atom. The number of aliphatic imine (C=N–C) groups is 1. The first-order chi connectivity index (χ1) is 7.97. The molecule has 0 heterocycles. The van der Waals surface area contributed by atoms with Crippen LogP contribution in [0.25, 0.3) is 0 Å². The van der Waals surface area contributed by atoms with Crippen molar-refractivity contribution < 1.29 is 17.5 Å². The van der Waals surface area contributed by atoms with Gasteiger partial charge in [0.2, 0.25) is 0 Å². The normalized spacial score (nSPS) is 13.2. The molecule has 0 aromatic heterocycles. The summed E-state index contributed by atoms with van der Waals surface area (Å²) in [6, 6.07) is 0. The van der Waals surface area contributed by atoms with Crippen molar-refractivity contribution in [1.29, 1.82) is 0 Å². The Bertz CT molecular complexity index is 341. The molecule has 9 heteroatoms. The van der Waals surface area contributed by atoms with Crippen LogP contribution in [-0.2, 0) is 17.5 Å². The van der Waals surface area contributed by atoms with Gasteiger partial charge in [0.25, 0.3) is 0 Å². The third-order valence-electron chi connectivity index (χ3n) is 1.29. The molecule has 0 aliphatic heterocycles. The Balaban J connectivity index is 4.70. The number of nitrogens with zero attached hydrogens (tertiary/aromatic N) is 1. The molecule has 0 spiro atoms. The Labute approximate surface area is 117 Å². The van der Waals surface area contributed by atoms with E-state index in [0.717, 1.165) is 0 Å². The molecule has 0 unspecified atom stereocenters. The molecule has 106 valence electrons. The van der Waals surface area contributed by atoms with Gasteiger partial charge < -0.3 is 8.43 Å². The standard InChI is InChI=1S/C9H22NO4PSSi2/c1-17(2,3)13-15(11,14-18(4,5)6)12-8-7-10-9-16/h7-8H2,1-6H3. The molecular formula is C9H22NO4PSSi2. The predicted molar refractivity (Wildman–Crippen MR) is 82.3 cm³/mol. The van der Waals surface area contributed by atoms with Crippen LogP contribution in [0.3, 0.4) is 0 Å². The minimum Gasteiger partial charge on any atom is -0.331 e. The predicted octanol–water partition coefficient (Wildman–Crippen LogP) is 3.92. The van der Waals surface area contributed by atoms with E-state index in [4.69, 9.17) is 12.9 Å². The van der Waals surface area contributed by atoms with Gasteiger partial charge in [-0.25, -0.2) is 9.56 Å². The summed E-state index contributed by atoms with van der Waals surface area (Å²) in [6.45, 7) is 12.1. The van der Waals surface area contributed by atoms with Crippen LogP contribution in [0.4, 0.5) is 0 Å². The van der Waals surface area contributed by atoms with E-state index < -0.39 is 24.5 Å². The lowest BCUT2D eigenvalue weighted by Crippen LogP contribution is -2.30. The maximum Gasteiger partial charge on any atom is 0.455 e. The summed E-state index contributed by atoms with van der Waals surface area (Å²) in [4.78, 5) is 3.70. The first kappa shape index (κ1) is 18.3. The van der Waals surface area contributed by atoms with Crippen molar-refractivity contribution >= 4 is 41.8 Å². The van der Waals surface area contributed by atoms with Crippen LogP contribution in [0.1, 0.15) is 0 Å². The van der Waals surface area contributed by atoms with Crippen LogP contribution < -0.4 is 0 Å². The Hall–Kier alpha value is 0.344. The van der Waals surface area contributed by atoms with Gasteiger partial charge in [-0.15, -0.1) is 0 Å². The van der Waals surface area contributed by atoms with Crippen molar-refractivity contribution in [3.05, 3.63) is 0 Å². The molecular weight excluding hydrogens is 305 g/mol. The molecule has 0 aliphatic carbocycles. The second kappa shape index (κ2) is 7.21. The average molecular weight is 327 g/mol. The molecule has 0 radical (unpaired) electrons. The molecule has 0 saturated carbocycles. The lowest BCUT2D eigenvalue weighted by molar-refractivity contribution is 0.212. The Morgan fingerprint density at radius 2 is 1.56 bits per heavy atom. The van der Waals surface area contributed by atoms with Crippen molar-refractivity contribution in [2.45, 2.75) is 39.3 Å². The van der Waals surface area contributed by atoms with Gasteiger partial charge in [-0.2, -0.15) is 0 Å². The number of hydrogen-bond acceptors (Lipinski definition) is 6. The molecule has 0 aliphatic rings. The van der Waals surface area contributed by atoms with E-state index in [1.807, 2.05) is 39.3 Å². The summed E-state index contributed by atoms with van der Waals surface area (Å²) < 4.78 is 29.0. The summed E-state index contributed by atoms with van der Waals surface area (Å²) in [7, 11) is -7.54. The number of hydrogen-bond donors (Lipinski definition) is 0. The van der Waals surface area contributed by atoms with Crippen molar-refractivity contribution in [2.24, 2.45) is 4.99 Å². The first-order valence-corrected chi connectivity index (χ1v) is 14.4. The fourth-order valence-electron chi connectivity index (χ4n) is 0.986. The zero-order valence-corrected chi connectivity index (χ0v) is 15.6. The van der Waals surface area contributed by atoms with Gasteiger partial charge in [0.05, 0.1) is 18.3 Å². The molecule has 0 fully saturated rings. The van der Waals surface area contributed by atoms with Gasteiger partial charge in [0.15, 0.2) is 16.6 Å². The average Bonchev–Trinajstić information content (AvgIpc) is 2.05.